The topological polar surface area (TPSA) is 63.1 Å². The minimum atomic E-state index is -0.121. The van der Waals surface area contributed by atoms with Crippen molar-refractivity contribution in [1.29, 1.82) is 0 Å². The Labute approximate surface area is 144 Å². The molecule has 0 fully saturated rings. The van der Waals surface area contributed by atoms with Crippen LogP contribution in [-0.4, -0.2) is 53.0 Å². The van der Waals surface area contributed by atoms with Gasteiger partial charge in [0.25, 0.3) is 5.91 Å². The molecule has 1 N–H and O–H groups in total. The molecule has 0 unspecified atom stereocenters. The summed E-state index contributed by atoms with van der Waals surface area (Å²) >= 11 is 3.43. The lowest BCUT2D eigenvalue weighted by Crippen LogP contribution is -2.33. The molecule has 0 bridgehead atoms. The molecule has 120 valence electrons. The van der Waals surface area contributed by atoms with Gasteiger partial charge in [-0.2, -0.15) is 0 Å². The van der Waals surface area contributed by atoms with Gasteiger partial charge >= 0.3 is 0 Å². The largest absolute Gasteiger partial charge is 0.339 e. The van der Waals surface area contributed by atoms with Crippen LogP contribution in [0.1, 0.15) is 16.2 Å². The van der Waals surface area contributed by atoms with E-state index in [2.05, 4.69) is 31.6 Å². The lowest BCUT2D eigenvalue weighted by molar-refractivity contribution is 0.0790. The van der Waals surface area contributed by atoms with Crippen LogP contribution >= 0.6 is 28.3 Å². The van der Waals surface area contributed by atoms with Crippen LogP contribution in [0.15, 0.2) is 28.7 Å². The van der Waals surface area contributed by atoms with Crippen LogP contribution in [0, 0.1) is 6.92 Å². The van der Waals surface area contributed by atoms with Crippen LogP contribution in [-0.2, 0) is 0 Å². The highest BCUT2D eigenvalue weighted by molar-refractivity contribution is 9.10. The molecule has 6 nitrogen and oxygen atoms in total. The third kappa shape index (κ3) is 4.06. The lowest BCUT2D eigenvalue weighted by Gasteiger charge is -2.15. The van der Waals surface area contributed by atoms with Gasteiger partial charge < -0.3 is 10.2 Å². The van der Waals surface area contributed by atoms with Crippen LogP contribution in [0.4, 0.5) is 0 Å². The zero-order chi connectivity index (χ0) is 15.4. The molecule has 22 heavy (non-hydrogen) atoms. The van der Waals surface area contributed by atoms with Crippen molar-refractivity contribution in [1.82, 2.24) is 25.2 Å². The first-order valence-corrected chi connectivity index (χ1v) is 7.42. The van der Waals surface area contributed by atoms with Crippen LogP contribution in [0.5, 0.6) is 0 Å². The highest BCUT2D eigenvalue weighted by atomic mass is 79.9. The van der Waals surface area contributed by atoms with Crippen molar-refractivity contribution in [3.05, 3.63) is 40.1 Å². The van der Waals surface area contributed by atoms with Crippen molar-refractivity contribution in [2.75, 3.05) is 27.2 Å². The van der Waals surface area contributed by atoms with E-state index in [9.17, 15) is 4.79 Å². The van der Waals surface area contributed by atoms with Gasteiger partial charge in [0.1, 0.15) is 0 Å². The molecule has 1 aromatic carbocycles. The molecule has 0 radical (unpaired) electrons. The standard InChI is InChI=1S/C14H18BrN5O.ClH/c1-10-13(14(21)19(3)8-7-16-2)17-18-20(10)12-6-4-5-11(15)9-12;/h4-6,9,16H,7-8H2,1-3H3;1H. The third-order valence-electron chi connectivity index (χ3n) is 3.19. The Morgan fingerprint density at radius 3 is 2.82 bits per heavy atom. The zero-order valence-corrected chi connectivity index (χ0v) is 15.1. The number of likely N-dealkylation sites (N-methyl/N-ethyl adjacent to an activating group) is 2. The SMILES string of the molecule is CNCCN(C)C(=O)c1nnn(-c2cccc(Br)c2)c1C.Cl. The quantitative estimate of drug-likeness (QED) is 0.851. The summed E-state index contributed by atoms with van der Waals surface area (Å²) in [4.78, 5) is 14.0. The van der Waals surface area contributed by atoms with Crippen molar-refractivity contribution in [2.45, 2.75) is 6.92 Å². The summed E-state index contributed by atoms with van der Waals surface area (Å²) in [5, 5.41) is 11.1. The predicted molar refractivity (Wildman–Crippen MR) is 91.9 cm³/mol. The Kier molecular flexibility index (Phi) is 6.99. The van der Waals surface area contributed by atoms with Crippen LogP contribution in [0.25, 0.3) is 5.69 Å². The fourth-order valence-electron chi connectivity index (χ4n) is 1.94. The fraction of sp³-hybridized carbons (Fsp3) is 0.357. The van der Waals surface area contributed by atoms with Gasteiger partial charge in [-0.15, -0.1) is 17.5 Å². The second-order valence-electron chi connectivity index (χ2n) is 4.75. The number of benzene rings is 1. The molecular weight excluding hydrogens is 370 g/mol. The summed E-state index contributed by atoms with van der Waals surface area (Å²) in [6.07, 6.45) is 0. The average molecular weight is 389 g/mol. The van der Waals surface area contributed by atoms with Gasteiger partial charge in [-0.05, 0) is 32.2 Å². The van der Waals surface area contributed by atoms with Gasteiger partial charge in [-0.25, -0.2) is 4.68 Å². The number of hydrogen-bond acceptors (Lipinski definition) is 4. The van der Waals surface area contributed by atoms with E-state index in [1.807, 2.05) is 38.2 Å². The van der Waals surface area contributed by atoms with E-state index in [1.54, 1.807) is 16.6 Å². The van der Waals surface area contributed by atoms with E-state index in [1.165, 1.54) is 0 Å². The van der Waals surface area contributed by atoms with Crippen LogP contribution < -0.4 is 5.32 Å². The third-order valence-corrected chi connectivity index (χ3v) is 3.69. The number of aromatic nitrogens is 3. The maximum absolute atomic E-state index is 12.4. The Morgan fingerprint density at radius 2 is 2.18 bits per heavy atom. The Bertz CT molecular complexity index is 646. The first-order valence-electron chi connectivity index (χ1n) is 6.63. The predicted octanol–water partition coefficient (Wildman–Crippen LogP) is 2.05. The second-order valence-corrected chi connectivity index (χ2v) is 5.66. The highest BCUT2D eigenvalue weighted by Gasteiger charge is 2.20. The van der Waals surface area contributed by atoms with Crippen molar-refractivity contribution >= 4 is 34.2 Å². The normalized spacial score (nSPS) is 10.2. The van der Waals surface area contributed by atoms with E-state index in [0.717, 1.165) is 22.4 Å². The fourth-order valence-corrected chi connectivity index (χ4v) is 2.33. The van der Waals surface area contributed by atoms with E-state index in [0.29, 0.717) is 12.2 Å². The van der Waals surface area contributed by atoms with E-state index >= 15 is 0 Å². The maximum atomic E-state index is 12.4. The highest BCUT2D eigenvalue weighted by Crippen LogP contribution is 2.17. The first kappa shape index (κ1) is 18.6. The van der Waals surface area contributed by atoms with Gasteiger partial charge in [0.15, 0.2) is 5.69 Å². The van der Waals surface area contributed by atoms with Gasteiger partial charge in [0, 0.05) is 24.6 Å². The van der Waals surface area contributed by atoms with Crippen molar-refractivity contribution in [2.24, 2.45) is 0 Å². The molecule has 0 aliphatic carbocycles. The zero-order valence-electron chi connectivity index (χ0n) is 12.7. The van der Waals surface area contributed by atoms with Crippen LogP contribution in [0.2, 0.25) is 0 Å². The summed E-state index contributed by atoms with van der Waals surface area (Å²) in [5.74, 6) is -0.121. The van der Waals surface area contributed by atoms with Gasteiger partial charge in [0.05, 0.1) is 11.4 Å². The molecule has 2 aromatic rings. The minimum Gasteiger partial charge on any atom is -0.339 e. The van der Waals surface area contributed by atoms with Crippen molar-refractivity contribution < 1.29 is 4.79 Å². The molecule has 1 amide bonds. The molecular formula is C14H19BrClN5O. The number of nitrogens with one attached hydrogen (secondary N) is 1. The van der Waals surface area contributed by atoms with Crippen molar-refractivity contribution in [3.63, 3.8) is 0 Å². The van der Waals surface area contributed by atoms with E-state index in [4.69, 9.17) is 0 Å². The molecule has 0 spiro atoms. The van der Waals surface area contributed by atoms with Gasteiger partial charge in [-0.3, -0.25) is 4.79 Å². The molecule has 0 aliphatic heterocycles. The Morgan fingerprint density at radius 1 is 1.45 bits per heavy atom. The molecule has 0 saturated carbocycles. The smallest absolute Gasteiger partial charge is 0.276 e. The molecule has 8 heteroatoms. The molecule has 2 rings (SSSR count). The lowest BCUT2D eigenvalue weighted by atomic mass is 10.2. The number of carbonyl (C=O) groups excluding carboxylic acids is 1. The maximum Gasteiger partial charge on any atom is 0.276 e. The monoisotopic (exact) mass is 387 g/mol. The number of hydrogen-bond donors (Lipinski definition) is 1. The second kappa shape index (κ2) is 8.26. The molecule has 0 saturated heterocycles. The van der Waals surface area contributed by atoms with Gasteiger partial charge in [-0.1, -0.05) is 27.2 Å². The molecule has 0 aliphatic rings. The molecule has 0 atom stereocenters. The minimum absolute atomic E-state index is 0. The summed E-state index contributed by atoms with van der Waals surface area (Å²) in [6, 6.07) is 7.71. The van der Waals surface area contributed by atoms with Crippen molar-refractivity contribution in [3.8, 4) is 5.69 Å². The molecule has 1 heterocycles. The Balaban J connectivity index is 0.00000242. The summed E-state index contributed by atoms with van der Waals surface area (Å²) in [7, 11) is 3.62. The Hall–Kier alpha value is -1.44. The molecule has 1 aromatic heterocycles. The number of halogens is 2. The first-order chi connectivity index (χ1) is 10.0. The number of amides is 1. The van der Waals surface area contributed by atoms with E-state index in [-0.39, 0.29) is 18.3 Å². The summed E-state index contributed by atoms with van der Waals surface area (Å²) in [5.41, 5.74) is 1.98. The van der Waals surface area contributed by atoms with Crippen LogP contribution in [0.3, 0.4) is 0 Å². The van der Waals surface area contributed by atoms with E-state index < -0.39 is 0 Å². The average Bonchev–Trinajstić information content (AvgIpc) is 2.85. The summed E-state index contributed by atoms with van der Waals surface area (Å²) in [6.45, 7) is 3.21. The van der Waals surface area contributed by atoms with Gasteiger partial charge in [0.2, 0.25) is 0 Å². The summed E-state index contributed by atoms with van der Waals surface area (Å²) < 4.78 is 2.62. The number of nitrogens with zero attached hydrogens (tertiary/aromatic N) is 4. The number of rotatable bonds is 5. The number of carbonyl (C=O) groups is 1.